The van der Waals surface area contributed by atoms with E-state index >= 15 is 0 Å². The Hall–Kier alpha value is -1.39. The van der Waals surface area contributed by atoms with Gasteiger partial charge in [-0.25, -0.2) is 4.98 Å². The molecule has 0 saturated heterocycles. The topological polar surface area (TPSA) is 42.0 Å². The van der Waals surface area contributed by atoms with E-state index in [0.717, 1.165) is 22.0 Å². The van der Waals surface area contributed by atoms with Crippen LogP contribution in [-0.2, 0) is 0 Å². The van der Waals surface area contributed by atoms with Gasteiger partial charge in [-0.1, -0.05) is 17.7 Å². The number of nitrogens with zero attached hydrogens (tertiary/aromatic N) is 1. The van der Waals surface area contributed by atoms with Crippen LogP contribution in [0.1, 0.15) is 25.9 Å². The highest BCUT2D eigenvalue weighted by atomic mass is 35.5. The molecule has 0 spiro atoms. The van der Waals surface area contributed by atoms with Gasteiger partial charge in [0.1, 0.15) is 4.88 Å². The third-order valence-electron chi connectivity index (χ3n) is 2.56. The van der Waals surface area contributed by atoms with Gasteiger partial charge in [0.2, 0.25) is 0 Å². The molecule has 1 aromatic heterocycles. The van der Waals surface area contributed by atoms with Gasteiger partial charge >= 0.3 is 0 Å². The van der Waals surface area contributed by atoms with Crippen molar-refractivity contribution in [2.45, 2.75) is 20.8 Å². The highest BCUT2D eigenvalue weighted by Crippen LogP contribution is 2.23. The summed E-state index contributed by atoms with van der Waals surface area (Å²) in [5.41, 5.74) is 2.47. The van der Waals surface area contributed by atoms with Crippen molar-refractivity contribution in [2.75, 3.05) is 5.32 Å². The van der Waals surface area contributed by atoms with Crippen LogP contribution in [0.2, 0.25) is 5.02 Å². The van der Waals surface area contributed by atoms with E-state index in [1.54, 1.807) is 12.1 Å². The van der Waals surface area contributed by atoms with Crippen molar-refractivity contribution in [3.05, 3.63) is 44.4 Å². The lowest BCUT2D eigenvalue weighted by molar-refractivity contribution is 0.102. The van der Waals surface area contributed by atoms with Gasteiger partial charge in [-0.05, 0) is 38.5 Å². The van der Waals surface area contributed by atoms with Crippen LogP contribution in [0.5, 0.6) is 0 Å². The molecular weight excluding hydrogens is 268 g/mol. The normalized spacial score (nSPS) is 10.4. The number of carbonyl (C=O) groups is 1. The molecule has 0 aliphatic rings. The van der Waals surface area contributed by atoms with E-state index in [-0.39, 0.29) is 5.91 Å². The molecule has 1 N–H and O–H groups in total. The fourth-order valence-electron chi connectivity index (χ4n) is 1.65. The molecule has 1 aromatic carbocycles. The molecule has 0 atom stereocenters. The Balaban J connectivity index is 2.26. The minimum atomic E-state index is -0.136. The zero-order chi connectivity index (χ0) is 13.3. The summed E-state index contributed by atoms with van der Waals surface area (Å²) in [6, 6.07) is 5.43. The lowest BCUT2D eigenvalue weighted by Gasteiger charge is -2.07. The zero-order valence-electron chi connectivity index (χ0n) is 10.4. The molecule has 0 aliphatic heterocycles. The number of carbonyl (C=O) groups excluding carboxylic acids is 1. The minimum Gasteiger partial charge on any atom is -0.321 e. The van der Waals surface area contributed by atoms with Gasteiger partial charge in [0.15, 0.2) is 0 Å². The summed E-state index contributed by atoms with van der Waals surface area (Å²) in [7, 11) is 0. The van der Waals surface area contributed by atoms with E-state index in [1.165, 1.54) is 11.3 Å². The van der Waals surface area contributed by atoms with Gasteiger partial charge in [-0.2, -0.15) is 0 Å². The fourth-order valence-corrected chi connectivity index (χ4v) is 2.64. The number of amides is 1. The van der Waals surface area contributed by atoms with Crippen LogP contribution in [0.3, 0.4) is 0 Å². The fraction of sp³-hybridized carbons (Fsp3) is 0.231. The summed E-state index contributed by atoms with van der Waals surface area (Å²) in [5, 5.41) is 4.36. The van der Waals surface area contributed by atoms with E-state index in [1.807, 2.05) is 26.8 Å². The highest BCUT2D eigenvalue weighted by Gasteiger charge is 2.14. The first-order valence-corrected chi connectivity index (χ1v) is 6.68. The monoisotopic (exact) mass is 280 g/mol. The average molecular weight is 281 g/mol. The largest absolute Gasteiger partial charge is 0.321 e. The van der Waals surface area contributed by atoms with Gasteiger partial charge in [0.05, 0.1) is 10.7 Å². The van der Waals surface area contributed by atoms with Gasteiger partial charge in [-0.3, -0.25) is 4.79 Å². The summed E-state index contributed by atoms with van der Waals surface area (Å²) in [6.07, 6.45) is 0. The third-order valence-corrected chi connectivity index (χ3v) is 3.86. The molecule has 1 amide bonds. The van der Waals surface area contributed by atoms with E-state index < -0.39 is 0 Å². The molecule has 5 heteroatoms. The first kappa shape index (κ1) is 13.1. The summed E-state index contributed by atoms with van der Waals surface area (Å²) < 4.78 is 0. The summed E-state index contributed by atoms with van der Waals surface area (Å²) in [5.74, 6) is -0.136. The molecule has 94 valence electrons. The molecule has 0 unspecified atom stereocenters. The Morgan fingerprint density at radius 3 is 2.67 bits per heavy atom. The molecule has 3 nitrogen and oxygen atoms in total. The third kappa shape index (κ3) is 2.71. The van der Waals surface area contributed by atoms with Crippen molar-refractivity contribution in [1.82, 2.24) is 4.98 Å². The van der Waals surface area contributed by atoms with Crippen molar-refractivity contribution < 1.29 is 4.79 Å². The maximum absolute atomic E-state index is 12.1. The van der Waals surface area contributed by atoms with Crippen molar-refractivity contribution in [1.29, 1.82) is 0 Å². The highest BCUT2D eigenvalue weighted by molar-refractivity contribution is 7.13. The lowest BCUT2D eigenvalue weighted by atomic mass is 10.2. The lowest BCUT2D eigenvalue weighted by Crippen LogP contribution is -2.12. The molecule has 0 fully saturated rings. The zero-order valence-corrected chi connectivity index (χ0v) is 11.9. The number of nitrogens with one attached hydrogen (secondary N) is 1. The first-order chi connectivity index (χ1) is 8.47. The van der Waals surface area contributed by atoms with Crippen LogP contribution in [0, 0.1) is 20.8 Å². The number of aromatic nitrogens is 1. The number of hydrogen-bond acceptors (Lipinski definition) is 3. The maximum Gasteiger partial charge on any atom is 0.267 e. The number of aryl methyl sites for hydroxylation is 3. The molecular formula is C13H13ClN2OS. The van der Waals surface area contributed by atoms with Gasteiger partial charge in [-0.15, -0.1) is 11.3 Å². The van der Waals surface area contributed by atoms with Gasteiger partial charge in [0, 0.05) is 10.7 Å². The molecule has 0 aliphatic carbocycles. The standard InChI is InChI=1S/C13H13ClN2OS/c1-7-4-5-10(14)6-11(7)16-13(17)12-8(2)15-9(3)18-12/h4-6H,1-3H3,(H,16,17). The minimum absolute atomic E-state index is 0.136. The number of hydrogen-bond donors (Lipinski definition) is 1. The van der Waals surface area contributed by atoms with Crippen LogP contribution < -0.4 is 5.32 Å². The number of thiazole rings is 1. The SMILES string of the molecule is Cc1nc(C)c(C(=O)Nc2cc(Cl)ccc2C)s1. The first-order valence-electron chi connectivity index (χ1n) is 5.49. The maximum atomic E-state index is 12.1. The second kappa shape index (κ2) is 5.08. The van der Waals surface area contributed by atoms with Crippen LogP contribution in [0.15, 0.2) is 18.2 Å². The predicted octanol–water partition coefficient (Wildman–Crippen LogP) is 3.97. The second-order valence-electron chi connectivity index (χ2n) is 4.06. The summed E-state index contributed by atoms with van der Waals surface area (Å²) in [6.45, 7) is 5.65. The Morgan fingerprint density at radius 1 is 1.33 bits per heavy atom. The van der Waals surface area contributed by atoms with Gasteiger partial charge < -0.3 is 5.32 Å². The Labute approximate surface area is 115 Å². The number of benzene rings is 1. The molecule has 2 aromatic rings. The number of halogens is 1. The second-order valence-corrected chi connectivity index (χ2v) is 5.70. The average Bonchev–Trinajstić information content (AvgIpc) is 2.63. The van der Waals surface area contributed by atoms with E-state index in [9.17, 15) is 4.79 Å². The molecule has 2 rings (SSSR count). The van der Waals surface area contributed by atoms with Crippen molar-refractivity contribution in [3.63, 3.8) is 0 Å². The quantitative estimate of drug-likeness (QED) is 0.904. The van der Waals surface area contributed by atoms with Crippen molar-refractivity contribution in [3.8, 4) is 0 Å². The molecule has 18 heavy (non-hydrogen) atoms. The van der Waals surface area contributed by atoms with E-state index in [0.29, 0.717) is 9.90 Å². The van der Waals surface area contributed by atoms with Crippen molar-refractivity contribution >= 4 is 34.5 Å². The van der Waals surface area contributed by atoms with Crippen LogP contribution in [0.4, 0.5) is 5.69 Å². The van der Waals surface area contributed by atoms with E-state index in [4.69, 9.17) is 11.6 Å². The predicted molar refractivity (Wildman–Crippen MR) is 75.7 cm³/mol. The summed E-state index contributed by atoms with van der Waals surface area (Å²) in [4.78, 5) is 17.0. The smallest absolute Gasteiger partial charge is 0.267 e. The number of rotatable bonds is 2. The molecule has 0 saturated carbocycles. The van der Waals surface area contributed by atoms with Gasteiger partial charge in [0.25, 0.3) is 5.91 Å². The van der Waals surface area contributed by atoms with Crippen LogP contribution in [-0.4, -0.2) is 10.9 Å². The Bertz CT molecular complexity index is 607. The summed E-state index contributed by atoms with van der Waals surface area (Å²) >= 11 is 7.32. The van der Waals surface area contributed by atoms with E-state index in [2.05, 4.69) is 10.3 Å². The molecule has 1 heterocycles. The van der Waals surface area contributed by atoms with Crippen LogP contribution in [0.25, 0.3) is 0 Å². The molecule has 0 radical (unpaired) electrons. The van der Waals surface area contributed by atoms with Crippen LogP contribution >= 0.6 is 22.9 Å². The number of anilines is 1. The molecule has 0 bridgehead atoms. The van der Waals surface area contributed by atoms with Crippen molar-refractivity contribution in [2.24, 2.45) is 0 Å². The Morgan fingerprint density at radius 2 is 2.06 bits per heavy atom. The Kier molecular flexibility index (Phi) is 3.68.